The molecule has 1 saturated carbocycles. The fourth-order valence-corrected chi connectivity index (χ4v) is 7.95. The second-order valence-corrected chi connectivity index (χ2v) is 12.2. The van der Waals surface area contributed by atoms with Gasteiger partial charge in [-0.2, -0.15) is 0 Å². The summed E-state index contributed by atoms with van der Waals surface area (Å²) in [5, 5.41) is 0. The SMILES string of the molecule is COc1cc(OC(C)=O)c2c3c1O[C@H]1[C@H](N(CC(C)C)C(=O)C#Cc4ccccc4)CC[C@H]4[C@@H](C2)N(C)CC[C@@]341. The van der Waals surface area contributed by atoms with E-state index in [1.165, 1.54) is 6.92 Å². The maximum Gasteiger partial charge on any atom is 0.308 e. The van der Waals surface area contributed by atoms with Gasteiger partial charge in [0.05, 0.1) is 13.2 Å². The van der Waals surface area contributed by atoms with Gasteiger partial charge in [-0.3, -0.25) is 9.59 Å². The molecule has 2 aromatic carbocycles. The maximum atomic E-state index is 13.8. The van der Waals surface area contributed by atoms with Crippen LogP contribution in [0.15, 0.2) is 36.4 Å². The van der Waals surface area contributed by atoms with Gasteiger partial charge in [0.15, 0.2) is 11.5 Å². The van der Waals surface area contributed by atoms with Crippen molar-refractivity contribution in [1.29, 1.82) is 0 Å². The van der Waals surface area contributed by atoms with E-state index >= 15 is 0 Å². The molecule has 2 aromatic rings. The topological polar surface area (TPSA) is 68.3 Å². The number of likely N-dealkylation sites (N-methyl/N-ethyl adjacent to an activating group) is 1. The van der Waals surface area contributed by atoms with Crippen molar-refractivity contribution in [2.45, 2.75) is 70.1 Å². The molecule has 4 aliphatic rings. The summed E-state index contributed by atoms with van der Waals surface area (Å²) in [5.41, 5.74) is 2.73. The zero-order chi connectivity index (χ0) is 28.2. The van der Waals surface area contributed by atoms with Gasteiger partial charge in [0, 0.05) is 53.6 Å². The van der Waals surface area contributed by atoms with Gasteiger partial charge in [0.2, 0.25) is 0 Å². The van der Waals surface area contributed by atoms with E-state index in [0.29, 0.717) is 30.0 Å². The lowest BCUT2D eigenvalue weighted by Gasteiger charge is -2.60. The van der Waals surface area contributed by atoms with Crippen molar-refractivity contribution in [3.63, 3.8) is 0 Å². The van der Waals surface area contributed by atoms with Crippen molar-refractivity contribution >= 4 is 11.9 Å². The number of rotatable bonds is 5. The molecule has 0 N–H and O–H groups in total. The Balaban J connectivity index is 1.46. The van der Waals surface area contributed by atoms with E-state index in [2.05, 4.69) is 37.6 Å². The molecule has 2 aliphatic carbocycles. The minimum absolute atomic E-state index is 0.125. The smallest absolute Gasteiger partial charge is 0.308 e. The fourth-order valence-electron chi connectivity index (χ4n) is 7.95. The average Bonchev–Trinajstić information content (AvgIpc) is 3.28. The number of carbonyl (C=O) groups excluding carboxylic acids is 2. The number of piperidine rings is 1. The number of likely N-dealkylation sites (tertiary alicyclic amines) is 1. The highest BCUT2D eigenvalue weighted by molar-refractivity contribution is 5.94. The summed E-state index contributed by atoms with van der Waals surface area (Å²) in [6, 6.07) is 11.6. The van der Waals surface area contributed by atoms with Crippen LogP contribution in [0.2, 0.25) is 0 Å². The van der Waals surface area contributed by atoms with Crippen LogP contribution in [0.25, 0.3) is 0 Å². The molecule has 1 spiro atoms. The average molecular weight is 543 g/mol. The van der Waals surface area contributed by atoms with Crippen LogP contribution in [0.4, 0.5) is 0 Å². The molecule has 2 bridgehead atoms. The lowest BCUT2D eigenvalue weighted by atomic mass is 9.51. The maximum absolute atomic E-state index is 13.8. The summed E-state index contributed by atoms with van der Waals surface area (Å²) in [4.78, 5) is 30.3. The summed E-state index contributed by atoms with van der Waals surface area (Å²) in [5.74, 6) is 8.07. The van der Waals surface area contributed by atoms with Gasteiger partial charge < -0.3 is 24.0 Å². The number of nitrogens with zero attached hydrogens (tertiary/aromatic N) is 2. The first-order valence-corrected chi connectivity index (χ1v) is 14.4. The quantitative estimate of drug-likeness (QED) is 0.321. The Labute approximate surface area is 236 Å². The predicted molar refractivity (Wildman–Crippen MR) is 152 cm³/mol. The van der Waals surface area contributed by atoms with Crippen LogP contribution >= 0.6 is 0 Å². The number of amides is 1. The lowest BCUT2D eigenvalue weighted by Crippen LogP contribution is -2.68. The number of esters is 1. The molecule has 0 radical (unpaired) electrons. The van der Waals surface area contributed by atoms with Crippen LogP contribution in [0, 0.1) is 23.7 Å². The first-order valence-electron chi connectivity index (χ1n) is 14.4. The Kier molecular flexibility index (Phi) is 6.78. The summed E-state index contributed by atoms with van der Waals surface area (Å²) >= 11 is 0. The van der Waals surface area contributed by atoms with Gasteiger partial charge in [-0.05, 0) is 63.2 Å². The second kappa shape index (κ2) is 10.2. The molecule has 40 heavy (non-hydrogen) atoms. The molecule has 2 fully saturated rings. The van der Waals surface area contributed by atoms with E-state index in [0.717, 1.165) is 54.7 Å². The van der Waals surface area contributed by atoms with Crippen LogP contribution in [0.1, 0.15) is 56.7 Å². The number of ether oxygens (including phenoxy) is 3. The van der Waals surface area contributed by atoms with Crippen molar-refractivity contribution < 1.29 is 23.8 Å². The molecule has 1 amide bonds. The van der Waals surface area contributed by atoms with E-state index in [1.54, 1.807) is 13.2 Å². The van der Waals surface area contributed by atoms with Gasteiger partial charge in [-0.1, -0.05) is 38.0 Å². The number of methoxy groups -OCH3 is 1. The Hall–Kier alpha value is -3.50. The molecule has 2 aliphatic heterocycles. The van der Waals surface area contributed by atoms with Crippen molar-refractivity contribution in [2.24, 2.45) is 11.8 Å². The molecule has 1 saturated heterocycles. The molecule has 210 valence electrons. The molecule has 7 heteroatoms. The highest BCUT2D eigenvalue weighted by atomic mass is 16.5. The molecular weight excluding hydrogens is 504 g/mol. The fraction of sp³-hybridized carbons (Fsp3) is 0.515. The summed E-state index contributed by atoms with van der Waals surface area (Å²) in [6.45, 7) is 7.26. The molecule has 6 rings (SSSR count). The van der Waals surface area contributed by atoms with Crippen LogP contribution in [0.5, 0.6) is 17.2 Å². The monoisotopic (exact) mass is 542 g/mol. The number of benzene rings is 2. The third kappa shape index (κ3) is 4.16. The third-order valence-corrected chi connectivity index (χ3v) is 9.42. The Bertz CT molecular complexity index is 1390. The molecule has 5 atom stereocenters. The van der Waals surface area contributed by atoms with E-state index in [4.69, 9.17) is 14.2 Å². The van der Waals surface area contributed by atoms with E-state index in [1.807, 2.05) is 35.2 Å². The first kappa shape index (κ1) is 26.7. The summed E-state index contributed by atoms with van der Waals surface area (Å²) in [6.07, 6.45) is 3.34. The van der Waals surface area contributed by atoms with Crippen molar-refractivity contribution in [3.8, 4) is 29.1 Å². The second-order valence-electron chi connectivity index (χ2n) is 12.2. The van der Waals surface area contributed by atoms with Crippen molar-refractivity contribution in [2.75, 3.05) is 27.2 Å². The Morgan fingerprint density at radius 2 is 1.98 bits per heavy atom. The van der Waals surface area contributed by atoms with Gasteiger partial charge in [-0.25, -0.2) is 0 Å². The van der Waals surface area contributed by atoms with E-state index in [-0.39, 0.29) is 35.4 Å². The van der Waals surface area contributed by atoms with Crippen LogP contribution in [-0.4, -0.2) is 67.1 Å². The zero-order valence-electron chi connectivity index (χ0n) is 24.0. The van der Waals surface area contributed by atoms with Gasteiger partial charge in [0.25, 0.3) is 5.91 Å². The molecule has 0 aromatic heterocycles. The minimum Gasteiger partial charge on any atom is -0.493 e. The molecule has 0 unspecified atom stereocenters. The largest absolute Gasteiger partial charge is 0.493 e. The first-order chi connectivity index (χ1) is 19.2. The predicted octanol–water partition coefficient (Wildman–Crippen LogP) is 4.19. The highest BCUT2D eigenvalue weighted by Gasteiger charge is 2.67. The normalized spacial score (nSPS) is 27.6. The van der Waals surface area contributed by atoms with Gasteiger partial charge in [-0.15, -0.1) is 0 Å². The third-order valence-electron chi connectivity index (χ3n) is 9.42. The lowest BCUT2D eigenvalue weighted by molar-refractivity contribution is -0.137. The van der Waals surface area contributed by atoms with Crippen LogP contribution < -0.4 is 14.2 Å². The minimum atomic E-state index is -0.348. The highest BCUT2D eigenvalue weighted by Crippen LogP contribution is 2.65. The van der Waals surface area contributed by atoms with Gasteiger partial charge in [0.1, 0.15) is 11.9 Å². The summed E-state index contributed by atoms with van der Waals surface area (Å²) in [7, 11) is 3.82. The Morgan fingerprint density at radius 1 is 1.20 bits per heavy atom. The van der Waals surface area contributed by atoms with Crippen LogP contribution in [0.3, 0.4) is 0 Å². The number of hydrogen-bond acceptors (Lipinski definition) is 6. The van der Waals surface area contributed by atoms with E-state index in [9.17, 15) is 9.59 Å². The number of hydrogen-bond donors (Lipinski definition) is 0. The molecule has 7 nitrogen and oxygen atoms in total. The Morgan fingerprint density at radius 3 is 2.67 bits per heavy atom. The van der Waals surface area contributed by atoms with Crippen molar-refractivity contribution in [3.05, 3.63) is 53.1 Å². The summed E-state index contributed by atoms with van der Waals surface area (Å²) < 4.78 is 18.5. The standard InChI is InChI=1S/C33H38N2O5/c1-20(2)19-35(29(37)14-11-22-9-7-6-8-10-22)25-13-12-24-26-17-23-27(39-21(3)36)18-28(38-5)31-30(23)33(24,32(25)40-31)15-16-34(26)4/h6-10,18,20,24-26,32H,12-13,15-17,19H2,1-5H3/t24-,25+,26+,32-,33-/m0/s1. The van der Waals surface area contributed by atoms with Crippen molar-refractivity contribution in [1.82, 2.24) is 9.80 Å². The van der Waals surface area contributed by atoms with E-state index < -0.39 is 0 Å². The number of carbonyl (C=O) groups is 2. The molecular formula is C33H38N2O5. The van der Waals surface area contributed by atoms with Gasteiger partial charge >= 0.3 is 5.97 Å². The molecule has 2 heterocycles. The van der Waals surface area contributed by atoms with Crippen LogP contribution in [-0.2, 0) is 21.4 Å². The zero-order valence-corrected chi connectivity index (χ0v) is 24.0.